The third-order valence-electron chi connectivity index (χ3n) is 4.56. The molecule has 20 heavy (non-hydrogen) atoms. The molecule has 0 radical (unpaired) electrons. The van der Waals surface area contributed by atoms with Crippen LogP contribution in [-0.2, 0) is 9.53 Å². The van der Waals surface area contributed by atoms with Crippen LogP contribution in [0.1, 0.15) is 45.4 Å². The standard InChI is InChI=1S/C15H28N2O2.ClH/c1-12-4-2-3-5-13(12)6-7-17-15(18)10-14-11-19-9-8-16-14;/h12-14,16H,2-11H2,1H3,(H,17,18);1H. The molecule has 2 N–H and O–H groups in total. The second kappa shape index (κ2) is 9.59. The van der Waals surface area contributed by atoms with E-state index in [9.17, 15) is 4.79 Å². The number of hydrogen-bond acceptors (Lipinski definition) is 3. The molecule has 5 heteroatoms. The third kappa shape index (κ3) is 5.98. The quantitative estimate of drug-likeness (QED) is 0.818. The van der Waals surface area contributed by atoms with Crippen LogP contribution in [0.5, 0.6) is 0 Å². The molecule has 1 amide bonds. The number of carbonyl (C=O) groups excluding carboxylic acids is 1. The lowest BCUT2D eigenvalue weighted by atomic mass is 9.79. The molecular weight excluding hydrogens is 276 g/mol. The van der Waals surface area contributed by atoms with Crippen molar-refractivity contribution in [1.29, 1.82) is 0 Å². The van der Waals surface area contributed by atoms with Gasteiger partial charge in [0.15, 0.2) is 0 Å². The second-order valence-electron chi connectivity index (χ2n) is 6.09. The molecule has 0 bridgehead atoms. The molecule has 2 rings (SSSR count). The Balaban J connectivity index is 0.00000200. The van der Waals surface area contributed by atoms with E-state index in [1.807, 2.05) is 0 Å². The van der Waals surface area contributed by atoms with Crippen LogP contribution in [0, 0.1) is 11.8 Å². The first kappa shape index (κ1) is 17.7. The largest absolute Gasteiger partial charge is 0.378 e. The van der Waals surface area contributed by atoms with E-state index in [1.165, 1.54) is 25.7 Å². The Kier molecular flexibility index (Phi) is 8.50. The van der Waals surface area contributed by atoms with Gasteiger partial charge >= 0.3 is 0 Å². The number of halogens is 1. The highest BCUT2D eigenvalue weighted by Gasteiger charge is 2.21. The summed E-state index contributed by atoms with van der Waals surface area (Å²) < 4.78 is 5.35. The van der Waals surface area contributed by atoms with Gasteiger partial charge in [0.05, 0.1) is 13.2 Å². The fraction of sp³-hybridized carbons (Fsp3) is 0.933. The van der Waals surface area contributed by atoms with E-state index in [0.717, 1.165) is 38.0 Å². The summed E-state index contributed by atoms with van der Waals surface area (Å²) >= 11 is 0. The van der Waals surface area contributed by atoms with Crippen molar-refractivity contribution in [2.75, 3.05) is 26.3 Å². The number of amides is 1. The van der Waals surface area contributed by atoms with Crippen molar-refractivity contribution in [3.63, 3.8) is 0 Å². The van der Waals surface area contributed by atoms with E-state index in [1.54, 1.807) is 0 Å². The van der Waals surface area contributed by atoms with E-state index in [-0.39, 0.29) is 24.4 Å². The minimum Gasteiger partial charge on any atom is -0.378 e. The predicted octanol–water partition coefficient (Wildman–Crippen LogP) is 2.12. The Morgan fingerprint density at radius 1 is 1.35 bits per heavy atom. The van der Waals surface area contributed by atoms with Crippen molar-refractivity contribution in [2.45, 2.75) is 51.5 Å². The average Bonchev–Trinajstić information content (AvgIpc) is 2.42. The monoisotopic (exact) mass is 304 g/mol. The first-order valence-electron chi connectivity index (χ1n) is 7.83. The third-order valence-corrected chi connectivity index (χ3v) is 4.56. The lowest BCUT2D eigenvalue weighted by Crippen LogP contribution is -2.44. The van der Waals surface area contributed by atoms with Crippen molar-refractivity contribution < 1.29 is 9.53 Å². The Bertz CT molecular complexity index is 283. The Hall–Kier alpha value is -0.320. The number of morpholine rings is 1. The molecule has 0 spiro atoms. The topological polar surface area (TPSA) is 50.4 Å². The summed E-state index contributed by atoms with van der Waals surface area (Å²) in [5.74, 6) is 1.80. The minimum absolute atomic E-state index is 0. The van der Waals surface area contributed by atoms with Gasteiger partial charge in [0, 0.05) is 25.6 Å². The minimum atomic E-state index is 0. The summed E-state index contributed by atoms with van der Waals surface area (Å²) in [6.07, 6.45) is 7.14. The number of nitrogens with one attached hydrogen (secondary N) is 2. The van der Waals surface area contributed by atoms with Crippen LogP contribution in [0.25, 0.3) is 0 Å². The highest BCUT2D eigenvalue weighted by molar-refractivity contribution is 5.85. The van der Waals surface area contributed by atoms with Crippen molar-refractivity contribution >= 4 is 18.3 Å². The lowest BCUT2D eigenvalue weighted by Gasteiger charge is -2.29. The van der Waals surface area contributed by atoms with Gasteiger partial charge in [-0.05, 0) is 18.3 Å². The summed E-state index contributed by atoms with van der Waals surface area (Å²) in [4.78, 5) is 11.8. The molecule has 3 unspecified atom stereocenters. The number of rotatable bonds is 5. The van der Waals surface area contributed by atoms with Crippen LogP contribution in [0.3, 0.4) is 0 Å². The molecule has 2 aliphatic rings. The molecule has 118 valence electrons. The maximum absolute atomic E-state index is 11.8. The van der Waals surface area contributed by atoms with E-state index < -0.39 is 0 Å². The summed E-state index contributed by atoms with van der Waals surface area (Å²) in [6, 6.07) is 0.197. The van der Waals surface area contributed by atoms with E-state index in [0.29, 0.717) is 13.0 Å². The fourth-order valence-corrected chi connectivity index (χ4v) is 3.27. The molecule has 1 saturated carbocycles. The zero-order valence-electron chi connectivity index (χ0n) is 12.5. The number of ether oxygens (including phenoxy) is 1. The molecule has 0 aromatic rings. The maximum Gasteiger partial charge on any atom is 0.221 e. The SMILES string of the molecule is CC1CCCCC1CCNC(=O)CC1COCCN1.Cl. The molecule has 1 aliphatic carbocycles. The molecule has 3 atom stereocenters. The maximum atomic E-state index is 11.8. The molecule has 1 aliphatic heterocycles. The first-order chi connectivity index (χ1) is 9.25. The van der Waals surface area contributed by atoms with E-state index >= 15 is 0 Å². The van der Waals surface area contributed by atoms with Crippen LogP contribution < -0.4 is 10.6 Å². The van der Waals surface area contributed by atoms with E-state index in [2.05, 4.69) is 17.6 Å². The second-order valence-corrected chi connectivity index (χ2v) is 6.09. The van der Waals surface area contributed by atoms with Crippen molar-refractivity contribution in [3.05, 3.63) is 0 Å². The van der Waals surface area contributed by atoms with Gasteiger partial charge in [0.25, 0.3) is 0 Å². The van der Waals surface area contributed by atoms with Crippen molar-refractivity contribution in [1.82, 2.24) is 10.6 Å². The van der Waals surface area contributed by atoms with Gasteiger partial charge in [-0.2, -0.15) is 0 Å². The molecular formula is C15H29ClN2O2. The smallest absolute Gasteiger partial charge is 0.221 e. The van der Waals surface area contributed by atoms with Gasteiger partial charge in [-0.25, -0.2) is 0 Å². The van der Waals surface area contributed by atoms with Gasteiger partial charge < -0.3 is 15.4 Å². The van der Waals surface area contributed by atoms with E-state index in [4.69, 9.17) is 4.74 Å². The summed E-state index contributed by atoms with van der Waals surface area (Å²) in [5.41, 5.74) is 0. The first-order valence-corrected chi connectivity index (χ1v) is 7.83. The number of carbonyl (C=O) groups is 1. The molecule has 1 heterocycles. The van der Waals surface area contributed by atoms with Crippen molar-refractivity contribution in [2.24, 2.45) is 11.8 Å². The zero-order chi connectivity index (χ0) is 13.5. The predicted molar refractivity (Wildman–Crippen MR) is 83.2 cm³/mol. The molecule has 1 saturated heterocycles. The summed E-state index contributed by atoms with van der Waals surface area (Å²) in [7, 11) is 0. The fourth-order valence-electron chi connectivity index (χ4n) is 3.27. The highest BCUT2D eigenvalue weighted by atomic mass is 35.5. The molecule has 0 aromatic carbocycles. The van der Waals surface area contributed by atoms with Gasteiger partial charge in [-0.15, -0.1) is 12.4 Å². The molecule has 0 aromatic heterocycles. The Labute approximate surface area is 128 Å². The average molecular weight is 305 g/mol. The van der Waals surface area contributed by atoms with Gasteiger partial charge in [0.1, 0.15) is 0 Å². The molecule has 2 fully saturated rings. The van der Waals surface area contributed by atoms with Crippen LogP contribution >= 0.6 is 12.4 Å². The van der Waals surface area contributed by atoms with Crippen LogP contribution in [-0.4, -0.2) is 38.3 Å². The van der Waals surface area contributed by atoms with Crippen molar-refractivity contribution in [3.8, 4) is 0 Å². The van der Waals surface area contributed by atoms with Crippen LogP contribution in [0.4, 0.5) is 0 Å². The Morgan fingerprint density at radius 3 is 2.85 bits per heavy atom. The van der Waals surface area contributed by atoms with Crippen LogP contribution in [0.15, 0.2) is 0 Å². The highest BCUT2D eigenvalue weighted by Crippen LogP contribution is 2.31. The van der Waals surface area contributed by atoms with Gasteiger partial charge in [-0.3, -0.25) is 4.79 Å². The summed E-state index contributed by atoms with van der Waals surface area (Å²) in [5, 5.41) is 6.37. The van der Waals surface area contributed by atoms with Gasteiger partial charge in [-0.1, -0.05) is 32.6 Å². The summed E-state index contributed by atoms with van der Waals surface area (Å²) in [6.45, 7) is 5.47. The lowest BCUT2D eigenvalue weighted by molar-refractivity contribution is -0.122. The zero-order valence-corrected chi connectivity index (χ0v) is 13.3. The molecule has 4 nitrogen and oxygen atoms in total. The number of hydrogen-bond donors (Lipinski definition) is 2. The normalized spacial score (nSPS) is 30.4. The Morgan fingerprint density at radius 2 is 2.15 bits per heavy atom. The van der Waals surface area contributed by atoms with Crippen LogP contribution in [0.2, 0.25) is 0 Å². The van der Waals surface area contributed by atoms with Gasteiger partial charge in [0.2, 0.25) is 5.91 Å².